The van der Waals surface area contributed by atoms with E-state index in [0.29, 0.717) is 5.92 Å². The van der Waals surface area contributed by atoms with Crippen LogP contribution in [0.2, 0.25) is 0 Å². The second-order valence-electron chi connectivity index (χ2n) is 6.51. The van der Waals surface area contributed by atoms with Crippen molar-refractivity contribution in [3.05, 3.63) is 78.4 Å². The lowest BCUT2D eigenvalue weighted by Crippen LogP contribution is -2.28. The van der Waals surface area contributed by atoms with Crippen LogP contribution < -0.4 is 5.32 Å². The van der Waals surface area contributed by atoms with Crippen LogP contribution in [0.4, 0.5) is 0 Å². The Kier molecular flexibility index (Phi) is 4.06. The van der Waals surface area contributed by atoms with Crippen LogP contribution in [-0.4, -0.2) is 20.7 Å². The van der Waals surface area contributed by atoms with Gasteiger partial charge < -0.3 is 5.32 Å². The molecule has 0 radical (unpaired) electrons. The quantitative estimate of drug-likeness (QED) is 0.780. The highest BCUT2D eigenvalue weighted by molar-refractivity contribution is 5.83. The summed E-state index contributed by atoms with van der Waals surface area (Å²) in [5, 5.41) is 7.39. The Hall–Kier alpha value is -2.95. The number of pyridine rings is 1. The Morgan fingerprint density at radius 1 is 1.24 bits per heavy atom. The van der Waals surface area contributed by atoms with Gasteiger partial charge in [0.15, 0.2) is 0 Å². The van der Waals surface area contributed by atoms with Gasteiger partial charge in [0.1, 0.15) is 0 Å². The molecule has 0 spiro atoms. The molecule has 3 atom stereocenters. The highest BCUT2D eigenvalue weighted by Crippen LogP contribution is 2.47. The molecule has 3 aromatic rings. The van der Waals surface area contributed by atoms with E-state index in [4.69, 9.17) is 0 Å². The summed E-state index contributed by atoms with van der Waals surface area (Å²) in [6.45, 7) is 2.02. The van der Waals surface area contributed by atoms with Crippen molar-refractivity contribution < 1.29 is 4.79 Å². The zero-order valence-electron chi connectivity index (χ0n) is 14.0. The van der Waals surface area contributed by atoms with E-state index in [2.05, 4.69) is 21.5 Å². The Balaban J connectivity index is 1.42. The first-order valence-corrected chi connectivity index (χ1v) is 8.52. The second-order valence-corrected chi connectivity index (χ2v) is 6.51. The molecular weight excluding hydrogens is 312 g/mol. The molecule has 1 aromatic carbocycles. The van der Waals surface area contributed by atoms with E-state index in [-0.39, 0.29) is 17.9 Å². The van der Waals surface area contributed by atoms with Crippen LogP contribution in [0.15, 0.2) is 67.3 Å². The summed E-state index contributed by atoms with van der Waals surface area (Å²) in [7, 11) is 0. The number of rotatable bonds is 5. The summed E-state index contributed by atoms with van der Waals surface area (Å²) in [4.78, 5) is 16.7. The summed E-state index contributed by atoms with van der Waals surface area (Å²) in [6, 6.07) is 13.9. The van der Waals surface area contributed by atoms with Crippen molar-refractivity contribution in [3.63, 3.8) is 0 Å². The van der Waals surface area contributed by atoms with Crippen molar-refractivity contribution >= 4 is 5.91 Å². The molecule has 1 N–H and O–H groups in total. The third-order valence-corrected chi connectivity index (χ3v) is 4.74. The molecular formula is C20H20N4O. The van der Waals surface area contributed by atoms with Gasteiger partial charge in [-0.3, -0.25) is 9.78 Å². The van der Waals surface area contributed by atoms with Crippen LogP contribution in [0.5, 0.6) is 0 Å². The Labute approximate surface area is 146 Å². The largest absolute Gasteiger partial charge is 0.349 e. The zero-order chi connectivity index (χ0) is 17.2. The van der Waals surface area contributed by atoms with Crippen molar-refractivity contribution in [3.8, 4) is 5.69 Å². The topological polar surface area (TPSA) is 59.8 Å². The number of amides is 1. The molecule has 5 heteroatoms. The molecule has 126 valence electrons. The third kappa shape index (κ3) is 3.31. The molecule has 0 aliphatic heterocycles. The highest BCUT2D eigenvalue weighted by Gasteiger charge is 2.44. The third-order valence-electron chi connectivity index (χ3n) is 4.74. The van der Waals surface area contributed by atoms with E-state index in [1.807, 2.05) is 60.4 Å². The van der Waals surface area contributed by atoms with Gasteiger partial charge in [0.25, 0.3) is 0 Å². The van der Waals surface area contributed by atoms with Crippen molar-refractivity contribution in [2.24, 2.45) is 5.92 Å². The number of benzene rings is 1. The molecule has 2 heterocycles. The first kappa shape index (κ1) is 15.6. The average Bonchev–Trinajstić information content (AvgIpc) is 3.27. The molecule has 25 heavy (non-hydrogen) atoms. The Morgan fingerprint density at radius 2 is 2.16 bits per heavy atom. The monoisotopic (exact) mass is 332 g/mol. The van der Waals surface area contributed by atoms with Gasteiger partial charge >= 0.3 is 0 Å². The lowest BCUT2D eigenvalue weighted by Gasteiger charge is -2.15. The fraction of sp³-hybridized carbons (Fsp3) is 0.250. The number of aromatic nitrogens is 3. The number of hydrogen-bond acceptors (Lipinski definition) is 3. The van der Waals surface area contributed by atoms with Crippen molar-refractivity contribution in [1.29, 1.82) is 0 Å². The van der Waals surface area contributed by atoms with Gasteiger partial charge in [0.2, 0.25) is 5.91 Å². The summed E-state index contributed by atoms with van der Waals surface area (Å²) in [5.74, 6) is 0.475. The SMILES string of the molecule is C[C@H](NC(=O)[C@H]1C[C@@H]1c1cccnc1)c1cccc(-n2cccn2)c1. The fourth-order valence-electron chi connectivity index (χ4n) is 3.21. The predicted octanol–water partition coefficient (Wildman–Crippen LogP) is 3.25. The molecule has 1 aliphatic carbocycles. The smallest absolute Gasteiger partial charge is 0.224 e. The standard InChI is InChI=1S/C20H20N4O/c1-14(15-5-2-7-17(11-15)24-10-4-9-22-24)23-20(25)19-12-18(19)16-6-3-8-21-13-16/h2-11,13-14,18-19H,12H2,1H3,(H,23,25)/t14-,18+,19-/m0/s1. The number of nitrogens with one attached hydrogen (secondary N) is 1. The van der Waals surface area contributed by atoms with Crippen LogP contribution in [0.25, 0.3) is 5.69 Å². The molecule has 4 rings (SSSR count). The lowest BCUT2D eigenvalue weighted by atomic mass is 10.1. The maximum atomic E-state index is 12.5. The van der Waals surface area contributed by atoms with E-state index < -0.39 is 0 Å². The minimum Gasteiger partial charge on any atom is -0.349 e. The first-order valence-electron chi connectivity index (χ1n) is 8.52. The maximum Gasteiger partial charge on any atom is 0.224 e. The van der Waals surface area contributed by atoms with Gasteiger partial charge in [0.05, 0.1) is 11.7 Å². The average molecular weight is 332 g/mol. The van der Waals surface area contributed by atoms with Gasteiger partial charge in [-0.15, -0.1) is 0 Å². The molecule has 5 nitrogen and oxygen atoms in total. The molecule has 1 saturated carbocycles. The van der Waals surface area contributed by atoms with E-state index in [0.717, 1.165) is 23.2 Å². The van der Waals surface area contributed by atoms with Crippen LogP contribution in [0.3, 0.4) is 0 Å². The van der Waals surface area contributed by atoms with E-state index in [1.165, 1.54) is 0 Å². The van der Waals surface area contributed by atoms with Gasteiger partial charge in [-0.2, -0.15) is 5.10 Å². The molecule has 1 amide bonds. The van der Waals surface area contributed by atoms with Gasteiger partial charge in [0, 0.05) is 30.7 Å². The minimum absolute atomic E-state index is 0.0434. The predicted molar refractivity (Wildman–Crippen MR) is 95.2 cm³/mol. The van der Waals surface area contributed by atoms with Crippen molar-refractivity contribution in [2.45, 2.75) is 25.3 Å². The number of nitrogens with zero attached hydrogens (tertiary/aromatic N) is 3. The maximum absolute atomic E-state index is 12.5. The molecule has 2 aromatic heterocycles. The first-order chi connectivity index (χ1) is 12.2. The molecule has 0 bridgehead atoms. The summed E-state index contributed by atoms with van der Waals surface area (Å²) in [6.07, 6.45) is 8.18. The van der Waals surface area contributed by atoms with Crippen LogP contribution in [0, 0.1) is 5.92 Å². The molecule has 1 fully saturated rings. The normalized spacial score (nSPS) is 20.0. The van der Waals surface area contributed by atoms with Crippen molar-refractivity contribution in [2.75, 3.05) is 0 Å². The van der Waals surface area contributed by atoms with Crippen LogP contribution in [0.1, 0.15) is 36.4 Å². The summed E-state index contributed by atoms with van der Waals surface area (Å²) < 4.78 is 1.82. The van der Waals surface area contributed by atoms with Crippen LogP contribution in [-0.2, 0) is 4.79 Å². The van der Waals surface area contributed by atoms with Crippen molar-refractivity contribution in [1.82, 2.24) is 20.1 Å². The molecule has 0 saturated heterocycles. The summed E-state index contributed by atoms with van der Waals surface area (Å²) >= 11 is 0. The molecule has 1 aliphatic rings. The number of carbonyl (C=O) groups is 1. The number of carbonyl (C=O) groups excluding carboxylic acids is 1. The zero-order valence-corrected chi connectivity index (χ0v) is 14.0. The Morgan fingerprint density at radius 3 is 2.92 bits per heavy atom. The molecule has 0 unspecified atom stereocenters. The fourth-order valence-corrected chi connectivity index (χ4v) is 3.21. The number of hydrogen-bond donors (Lipinski definition) is 1. The van der Waals surface area contributed by atoms with Gasteiger partial charge in [-0.25, -0.2) is 4.68 Å². The lowest BCUT2D eigenvalue weighted by molar-refractivity contribution is -0.123. The van der Waals surface area contributed by atoms with Gasteiger partial charge in [-0.1, -0.05) is 18.2 Å². The van der Waals surface area contributed by atoms with Crippen LogP contribution >= 0.6 is 0 Å². The van der Waals surface area contributed by atoms with Gasteiger partial charge in [-0.05, 0) is 54.7 Å². The Bertz CT molecular complexity index is 860. The van der Waals surface area contributed by atoms with E-state index in [9.17, 15) is 4.79 Å². The second kappa shape index (κ2) is 6.51. The van der Waals surface area contributed by atoms with E-state index >= 15 is 0 Å². The minimum atomic E-state index is -0.0434. The van der Waals surface area contributed by atoms with E-state index in [1.54, 1.807) is 12.4 Å². The highest BCUT2D eigenvalue weighted by atomic mass is 16.2. The summed E-state index contributed by atoms with van der Waals surface area (Å²) in [5.41, 5.74) is 3.21.